The van der Waals surface area contributed by atoms with Gasteiger partial charge in [-0.15, -0.1) is 0 Å². The summed E-state index contributed by atoms with van der Waals surface area (Å²) in [5, 5.41) is 3.12. The van der Waals surface area contributed by atoms with E-state index in [0.717, 1.165) is 19.5 Å². The Morgan fingerprint density at radius 1 is 1.53 bits per heavy atom. The third-order valence-corrected chi connectivity index (χ3v) is 3.04. The van der Waals surface area contributed by atoms with Gasteiger partial charge in [-0.2, -0.15) is 0 Å². The molecule has 0 saturated carbocycles. The van der Waals surface area contributed by atoms with Crippen LogP contribution >= 0.6 is 0 Å². The van der Waals surface area contributed by atoms with Crippen molar-refractivity contribution in [1.29, 1.82) is 0 Å². The van der Waals surface area contributed by atoms with E-state index in [0.29, 0.717) is 23.1 Å². The molecule has 0 aliphatic rings. The second-order valence-corrected chi connectivity index (χ2v) is 4.88. The number of amides is 1. The fraction of sp³-hybridized carbons (Fsp3) is 0.538. The van der Waals surface area contributed by atoms with Crippen LogP contribution in [0.1, 0.15) is 30.6 Å². The molecule has 0 aromatic carbocycles. The highest BCUT2D eigenvalue weighted by Gasteiger charge is 2.10. The van der Waals surface area contributed by atoms with E-state index in [9.17, 15) is 4.79 Å². The van der Waals surface area contributed by atoms with Crippen molar-refractivity contribution in [3.05, 3.63) is 17.8 Å². The summed E-state index contributed by atoms with van der Waals surface area (Å²) in [5.74, 6) is -0.0319. The Morgan fingerprint density at radius 2 is 2.21 bits per heavy atom. The van der Waals surface area contributed by atoms with Crippen molar-refractivity contribution in [3.63, 3.8) is 0 Å². The number of carbonyl (C=O) groups is 1. The van der Waals surface area contributed by atoms with Gasteiger partial charge in [-0.25, -0.2) is 4.98 Å². The molecule has 6 heteroatoms. The molecule has 0 fully saturated rings. The second-order valence-electron chi connectivity index (χ2n) is 4.88. The van der Waals surface area contributed by atoms with Gasteiger partial charge in [-0.3, -0.25) is 4.79 Å². The first-order valence-electron chi connectivity index (χ1n) is 6.41. The number of nitrogen functional groups attached to an aromatic ring is 1. The summed E-state index contributed by atoms with van der Waals surface area (Å²) in [4.78, 5) is 17.6. The molecule has 5 N–H and O–H groups in total. The fourth-order valence-corrected chi connectivity index (χ4v) is 1.60. The van der Waals surface area contributed by atoms with Crippen LogP contribution in [0.25, 0.3) is 0 Å². The van der Waals surface area contributed by atoms with Crippen molar-refractivity contribution in [2.45, 2.75) is 26.3 Å². The van der Waals surface area contributed by atoms with Crippen LogP contribution in [-0.4, -0.2) is 42.0 Å². The Labute approximate surface area is 114 Å². The first-order valence-corrected chi connectivity index (χ1v) is 6.41. The van der Waals surface area contributed by atoms with Crippen LogP contribution in [0.5, 0.6) is 0 Å². The number of rotatable bonds is 7. The van der Waals surface area contributed by atoms with Crippen molar-refractivity contribution in [2.75, 3.05) is 31.2 Å². The van der Waals surface area contributed by atoms with Crippen LogP contribution < -0.4 is 16.8 Å². The number of primary amides is 1. The lowest BCUT2D eigenvalue weighted by Crippen LogP contribution is -2.28. The van der Waals surface area contributed by atoms with Crippen molar-refractivity contribution in [3.8, 4) is 0 Å². The predicted octanol–water partition coefficient (Wildman–Crippen LogP) is 0.905. The lowest BCUT2D eigenvalue weighted by Gasteiger charge is -2.20. The Morgan fingerprint density at radius 3 is 2.79 bits per heavy atom. The molecule has 0 spiro atoms. The molecule has 1 aromatic rings. The van der Waals surface area contributed by atoms with Gasteiger partial charge in [0, 0.05) is 12.6 Å². The van der Waals surface area contributed by atoms with Crippen LogP contribution in [0.15, 0.2) is 12.3 Å². The van der Waals surface area contributed by atoms with Gasteiger partial charge in [0.15, 0.2) is 0 Å². The maximum atomic E-state index is 11.3. The van der Waals surface area contributed by atoms with E-state index in [4.69, 9.17) is 11.5 Å². The minimum Gasteiger partial charge on any atom is -0.397 e. The van der Waals surface area contributed by atoms with Gasteiger partial charge in [0.1, 0.15) is 5.82 Å². The summed E-state index contributed by atoms with van der Waals surface area (Å²) in [6.45, 7) is 6.01. The minimum absolute atomic E-state index is 0.331. The normalized spacial score (nSPS) is 11.0. The van der Waals surface area contributed by atoms with Gasteiger partial charge in [0.2, 0.25) is 0 Å². The van der Waals surface area contributed by atoms with E-state index >= 15 is 0 Å². The zero-order valence-corrected chi connectivity index (χ0v) is 11.8. The Hall–Kier alpha value is -1.82. The molecule has 1 rings (SSSR count). The maximum Gasteiger partial charge on any atom is 0.252 e. The molecule has 0 atom stereocenters. The fourth-order valence-electron chi connectivity index (χ4n) is 1.60. The smallest absolute Gasteiger partial charge is 0.252 e. The third kappa shape index (κ3) is 4.75. The number of hydrogen-bond donors (Lipinski definition) is 3. The highest BCUT2D eigenvalue weighted by Crippen LogP contribution is 2.14. The molecule has 0 unspecified atom stereocenters. The van der Waals surface area contributed by atoms with Gasteiger partial charge < -0.3 is 21.7 Å². The lowest BCUT2D eigenvalue weighted by atomic mass is 10.2. The zero-order valence-electron chi connectivity index (χ0n) is 11.8. The molecule has 1 amide bonds. The Bertz CT molecular complexity index is 433. The predicted molar refractivity (Wildman–Crippen MR) is 78.0 cm³/mol. The molecule has 6 nitrogen and oxygen atoms in total. The molecule has 19 heavy (non-hydrogen) atoms. The molecule has 106 valence electrons. The van der Waals surface area contributed by atoms with E-state index in [1.54, 1.807) is 0 Å². The maximum absolute atomic E-state index is 11.3. The molecule has 0 aliphatic carbocycles. The molecule has 0 bridgehead atoms. The molecule has 1 heterocycles. The number of carbonyl (C=O) groups excluding carboxylic acids is 1. The molecule has 1 aromatic heterocycles. The summed E-state index contributed by atoms with van der Waals surface area (Å²) in [7, 11) is 2.08. The number of pyridine rings is 1. The first kappa shape index (κ1) is 15.2. The summed E-state index contributed by atoms with van der Waals surface area (Å²) in [6.07, 6.45) is 2.47. The van der Waals surface area contributed by atoms with Gasteiger partial charge in [-0.05, 0) is 39.9 Å². The third-order valence-electron chi connectivity index (χ3n) is 3.04. The Balaban J connectivity index is 2.52. The first-order chi connectivity index (χ1) is 8.91. The molecular formula is C13H23N5O. The number of nitrogens with two attached hydrogens (primary N) is 2. The Kier molecular flexibility index (Phi) is 5.57. The lowest BCUT2D eigenvalue weighted by molar-refractivity contribution is 0.100. The van der Waals surface area contributed by atoms with Crippen LogP contribution in [0, 0.1) is 0 Å². The number of nitrogens with one attached hydrogen (secondary N) is 1. The number of hydrogen-bond acceptors (Lipinski definition) is 5. The molecule has 0 aliphatic heterocycles. The van der Waals surface area contributed by atoms with Crippen molar-refractivity contribution in [1.82, 2.24) is 9.88 Å². The van der Waals surface area contributed by atoms with Gasteiger partial charge in [-0.1, -0.05) is 0 Å². The minimum atomic E-state index is -0.526. The summed E-state index contributed by atoms with van der Waals surface area (Å²) in [5.41, 5.74) is 11.6. The van der Waals surface area contributed by atoms with Gasteiger partial charge in [0.25, 0.3) is 5.91 Å². The summed E-state index contributed by atoms with van der Waals surface area (Å²) < 4.78 is 0. The quantitative estimate of drug-likeness (QED) is 0.636. The largest absolute Gasteiger partial charge is 0.397 e. The van der Waals surface area contributed by atoms with E-state index in [1.807, 2.05) is 0 Å². The van der Waals surface area contributed by atoms with E-state index in [2.05, 4.69) is 36.1 Å². The number of nitrogens with zero attached hydrogens (tertiary/aromatic N) is 2. The van der Waals surface area contributed by atoms with Crippen molar-refractivity contribution < 1.29 is 4.79 Å². The van der Waals surface area contributed by atoms with Crippen LogP contribution in [0.4, 0.5) is 11.5 Å². The van der Waals surface area contributed by atoms with Crippen LogP contribution in [0.3, 0.4) is 0 Å². The highest BCUT2D eigenvalue weighted by molar-refractivity contribution is 5.98. The number of anilines is 2. The topological polar surface area (TPSA) is 97.3 Å². The van der Waals surface area contributed by atoms with E-state index in [1.165, 1.54) is 12.3 Å². The summed E-state index contributed by atoms with van der Waals surface area (Å²) >= 11 is 0. The van der Waals surface area contributed by atoms with Gasteiger partial charge in [0.05, 0.1) is 17.4 Å². The number of aromatic nitrogens is 1. The molecule has 0 radical (unpaired) electrons. The van der Waals surface area contributed by atoms with Crippen molar-refractivity contribution >= 4 is 17.4 Å². The average Bonchev–Trinajstić information content (AvgIpc) is 2.35. The molecular weight excluding hydrogens is 242 g/mol. The second kappa shape index (κ2) is 6.94. The van der Waals surface area contributed by atoms with Crippen LogP contribution in [-0.2, 0) is 0 Å². The van der Waals surface area contributed by atoms with E-state index in [-0.39, 0.29) is 0 Å². The standard InChI is InChI=1S/C13H23N5O/c1-9(2)18(3)6-4-5-16-13-11(12(15)19)7-10(14)8-17-13/h7-9H,4-6,14H2,1-3H3,(H2,15,19)(H,16,17). The monoisotopic (exact) mass is 265 g/mol. The summed E-state index contributed by atoms with van der Waals surface area (Å²) in [6, 6.07) is 2.06. The van der Waals surface area contributed by atoms with Crippen LogP contribution in [0.2, 0.25) is 0 Å². The SMILES string of the molecule is CC(C)N(C)CCCNc1ncc(N)cc1C(N)=O. The average molecular weight is 265 g/mol. The molecule has 0 saturated heterocycles. The highest BCUT2D eigenvalue weighted by atomic mass is 16.1. The van der Waals surface area contributed by atoms with E-state index < -0.39 is 5.91 Å². The van der Waals surface area contributed by atoms with Gasteiger partial charge >= 0.3 is 0 Å². The zero-order chi connectivity index (χ0) is 14.4. The van der Waals surface area contributed by atoms with Crippen molar-refractivity contribution in [2.24, 2.45) is 5.73 Å².